The lowest BCUT2D eigenvalue weighted by atomic mass is 10.1. The smallest absolute Gasteiger partial charge is 0.339 e. The van der Waals surface area contributed by atoms with Gasteiger partial charge in [-0.05, 0) is 68.3 Å². The molecular weight excluding hydrogens is 534 g/mol. The van der Waals surface area contributed by atoms with Gasteiger partial charge in [-0.2, -0.15) is 13.7 Å². The molecule has 3 rings (SSSR count). The van der Waals surface area contributed by atoms with Crippen LogP contribution in [0.5, 0.6) is 11.5 Å². The third-order valence-corrected chi connectivity index (χ3v) is 6.62. The van der Waals surface area contributed by atoms with Crippen LogP contribution in [-0.4, -0.2) is 25.9 Å². The number of rotatable bonds is 9. The van der Waals surface area contributed by atoms with E-state index in [0.717, 1.165) is 5.56 Å². The van der Waals surface area contributed by atoms with Crippen molar-refractivity contribution in [2.45, 2.75) is 25.7 Å². The quantitative estimate of drug-likeness (QED) is 0.118. The third kappa shape index (κ3) is 6.67. The van der Waals surface area contributed by atoms with Gasteiger partial charge in [-0.3, -0.25) is 14.9 Å². The van der Waals surface area contributed by atoms with Crippen LogP contribution < -0.4 is 14.2 Å². The Morgan fingerprint density at radius 2 is 1.79 bits per heavy atom. The van der Waals surface area contributed by atoms with Gasteiger partial charge in [-0.1, -0.05) is 35.4 Å². The molecule has 196 valence electrons. The summed E-state index contributed by atoms with van der Waals surface area (Å²) in [5, 5.41) is 23.1. The lowest BCUT2D eigenvalue weighted by Crippen LogP contribution is -2.14. The molecule has 0 atom stereocenters. The highest BCUT2D eigenvalue weighted by Crippen LogP contribution is 2.39. The van der Waals surface area contributed by atoms with Crippen LogP contribution in [0.4, 0.5) is 11.4 Å². The summed E-state index contributed by atoms with van der Waals surface area (Å²) in [6.45, 7) is 5.27. The molecule has 3 aromatic rings. The molecule has 0 spiro atoms. The van der Waals surface area contributed by atoms with Crippen LogP contribution in [-0.2, 0) is 14.9 Å². The minimum Gasteiger partial charge on any atom is -0.490 e. The van der Waals surface area contributed by atoms with Crippen LogP contribution in [0.3, 0.4) is 0 Å². The lowest BCUT2D eigenvalue weighted by molar-refractivity contribution is -0.384. The standard InChI is InChI=1S/C26H22ClN3O7S/c1-4-36-24-14-18(13-21(27)25(24)37-38(34,35)20-8-5-16(2)6-9-20)12-19(15-28)26(31)29-22-10-7-17(3)11-23(22)30(32)33/h5-14H,4H2,1-3H3,(H,29,31)/b19-12+. The molecule has 1 amide bonds. The molecule has 3 aromatic carbocycles. The van der Waals surface area contributed by atoms with Crippen LogP contribution in [0.1, 0.15) is 23.6 Å². The highest BCUT2D eigenvalue weighted by molar-refractivity contribution is 7.87. The van der Waals surface area contributed by atoms with Gasteiger partial charge in [0.05, 0.1) is 16.6 Å². The Morgan fingerprint density at radius 3 is 2.39 bits per heavy atom. The predicted octanol–water partition coefficient (Wildman–Crippen LogP) is 5.58. The monoisotopic (exact) mass is 555 g/mol. The second-order valence-electron chi connectivity index (χ2n) is 8.02. The van der Waals surface area contributed by atoms with Gasteiger partial charge < -0.3 is 14.2 Å². The van der Waals surface area contributed by atoms with Crippen LogP contribution in [0.25, 0.3) is 6.08 Å². The summed E-state index contributed by atoms with van der Waals surface area (Å²) in [7, 11) is -4.25. The molecule has 0 saturated carbocycles. The van der Waals surface area contributed by atoms with Gasteiger partial charge in [-0.25, -0.2) is 0 Å². The number of anilines is 1. The van der Waals surface area contributed by atoms with E-state index in [9.17, 15) is 28.6 Å². The number of carbonyl (C=O) groups is 1. The van der Waals surface area contributed by atoms with Crippen LogP contribution in [0.15, 0.2) is 65.1 Å². The fourth-order valence-corrected chi connectivity index (χ4v) is 4.54. The van der Waals surface area contributed by atoms with Crippen LogP contribution in [0, 0.1) is 35.3 Å². The maximum absolute atomic E-state index is 12.8. The fraction of sp³-hybridized carbons (Fsp3) is 0.154. The number of nitro groups is 1. The van der Waals surface area contributed by atoms with Gasteiger partial charge in [0, 0.05) is 6.07 Å². The summed E-state index contributed by atoms with van der Waals surface area (Å²) in [4.78, 5) is 23.4. The molecule has 0 aliphatic rings. The number of nitro benzene ring substituents is 1. The molecule has 38 heavy (non-hydrogen) atoms. The molecular formula is C26H22ClN3O7S. The number of nitriles is 1. The SMILES string of the molecule is CCOc1cc(/C=C(\C#N)C(=O)Nc2ccc(C)cc2[N+](=O)[O-])cc(Cl)c1OS(=O)(=O)c1ccc(C)cc1. The molecule has 1 N–H and O–H groups in total. The second kappa shape index (κ2) is 11.8. The van der Waals surface area contributed by atoms with Crippen molar-refractivity contribution in [1.29, 1.82) is 5.26 Å². The molecule has 10 nitrogen and oxygen atoms in total. The number of ether oxygens (including phenoxy) is 1. The number of benzene rings is 3. The normalized spacial score (nSPS) is 11.4. The zero-order valence-corrected chi connectivity index (χ0v) is 22.1. The number of hydrogen-bond donors (Lipinski definition) is 1. The third-order valence-electron chi connectivity index (χ3n) is 5.11. The molecule has 0 saturated heterocycles. The van der Waals surface area contributed by atoms with Gasteiger partial charge in [0.15, 0.2) is 5.75 Å². The first-order valence-corrected chi connectivity index (χ1v) is 12.9. The highest BCUT2D eigenvalue weighted by Gasteiger charge is 2.23. The van der Waals surface area contributed by atoms with Crippen LogP contribution in [0.2, 0.25) is 5.02 Å². The number of carbonyl (C=O) groups excluding carboxylic acids is 1. The van der Waals surface area contributed by atoms with Gasteiger partial charge in [0.1, 0.15) is 22.2 Å². The maximum Gasteiger partial charge on any atom is 0.339 e. The van der Waals surface area contributed by atoms with Gasteiger partial charge in [-0.15, -0.1) is 0 Å². The van der Waals surface area contributed by atoms with E-state index >= 15 is 0 Å². The van der Waals surface area contributed by atoms with Crippen molar-refractivity contribution >= 4 is 45.1 Å². The Balaban J connectivity index is 1.96. The van der Waals surface area contributed by atoms with E-state index in [0.29, 0.717) is 5.56 Å². The predicted molar refractivity (Wildman–Crippen MR) is 142 cm³/mol. The summed E-state index contributed by atoms with van der Waals surface area (Å²) in [6.07, 6.45) is 1.18. The molecule has 0 aliphatic carbocycles. The Bertz CT molecular complexity index is 1580. The first-order chi connectivity index (χ1) is 17.9. The van der Waals surface area contributed by atoms with Gasteiger partial charge in [0.2, 0.25) is 5.75 Å². The summed E-state index contributed by atoms with van der Waals surface area (Å²) in [5.41, 5.74) is 0.916. The van der Waals surface area contributed by atoms with Crippen molar-refractivity contribution in [3.05, 3.63) is 92.0 Å². The van der Waals surface area contributed by atoms with E-state index in [-0.39, 0.29) is 50.5 Å². The number of nitrogens with one attached hydrogen (secondary N) is 1. The van der Waals surface area contributed by atoms with E-state index in [1.807, 2.05) is 6.92 Å². The molecule has 0 heterocycles. The second-order valence-corrected chi connectivity index (χ2v) is 9.97. The first-order valence-electron chi connectivity index (χ1n) is 11.1. The molecule has 0 radical (unpaired) electrons. The number of nitrogens with zero attached hydrogens (tertiary/aromatic N) is 2. The van der Waals surface area contributed by atoms with Gasteiger partial charge in [0.25, 0.3) is 11.6 Å². The Hall–Kier alpha value is -4.40. The van der Waals surface area contributed by atoms with Crippen molar-refractivity contribution in [2.24, 2.45) is 0 Å². The summed E-state index contributed by atoms with van der Waals surface area (Å²) < 4.78 is 36.4. The number of amides is 1. The highest BCUT2D eigenvalue weighted by atomic mass is 35.5. The maximum atomic E-state index is 12.8. The number of aryl methyl sites for hydroxylation is 2. The van der Waals surface area contributed by atoms with Crippen molar-refractivity contribution in [2.75, 3.05) is 11.9 Å². The largest absolute Gasteiger partial charge is 0.490 e. The molecule has 12 heteroatoms. The van der Waals surface area contributed by atoms with E-state index in [1.165, 1.54) is 42.5 Å². The zero-order valence-electron chi connectivity index (χ0n) is 20.5. The summed E-state index contributed by atoms with van der Waals surface area (Å²) in [5.74, 6) is -1.19. The van der Waals surface area contributed by atoms with Crippen molar-refractivity contribution < 1.29 is 27.1 Å². The van der Waals surface area contributed by atoms with Crippen molar-refractivity contribution in [3.8, 4) is 17.6 Å². The molecule has 0 aromatic heterocycles. The average Bonchev–Trinajstić information content (AvgIpc) is 2.86. The topological polar surface area (TPSA) is 149 Å². The van der Waals surface area contributed by atoms with E-state index in [2.05, 4.69) is 5.32 Å². The molecule has 0 bridgehead atoms. The lowest BCUT2D eigenvalue weighted by Gasteiger charge is -2.14. The summed E-state index contributed by atoms with van der Waals surface area (Å²) >= 11 is 6.34. The molecule has 0 aliphatic heterocycles. The number of halogens is 1. The minimum absolute atomic E-state index is 0.0335. The van der Waals surface area contributed by atoms with E-state index in [4.69, 9.17) is 20.5 Å². The Morgan fingerprint density at radius 1 is 1.13 bits per heavy atom. The van der Waals surface area contributed by atoms with Crippen LogP contribution >= 0.6 is 11.6 Å². The van der Waals surface area contributed by atoms with Gasteiger partial charge >= 0.3 is 10.1 Å². The average molecular weight is 556 g/mol. The van der Waals surface area contributed by atoms with Crippen molar-refractivity contribution in [1.82, 2.24) is 0 Å². The molecule has 0 fully saturated rings. The van der Waals surface area contributed by atoms with Crippen molar-refractivity contribution in [3.63, 3.8) is 0 Å². The molecule has 0 unspecified atom stereocenters. The number of hydrogen-bond acceptors (Lipinski definition) is 8. The minimum atomic E-state index is -4.25. The fourth-order valence-electron chi connectivity index (χ4n) is 3.28. The first kappa shape index (κ1) is 28.2. The summed E-state index contributed by atoms with van der Waals surface area (Å²) in [6, 6.07) is 14.7. The Kier molecular flexibility index (Phi) is 8.72. The van der Waals surface area contributed by atoms with E-state index < -0.39 is 20.9 Å². The van der Waals surface area contributed by atoms with E-state index in [1.54, 1.807) is 38.1 Å². The Labute approximate surface area is 224 Å². The zero-order chi connectivity index (χ0) is 28.0.